The highest BCUT2D eigenvalue weighted by Crippen LogP contribution is 2.22. The molecule has 78 valence electrons. The molecule has 1 rings (SSSR count). The van der Waals surface area contributed by atoms with Gasteiger partial charge in [-0.1, -0.05) is 6.92 Å². The monoisotopic (exact) mass is 194 g/mol. The van der Waals surface area contributed by atoms with Crippen LogP contribution in [0.1, 0.15) is 33.6 Å². The Balaban J connectivity index is 2.41. The molecule has 1 saturated heterocycles. The molecule has 1 fully saturated rings. The molecule has 0 bridgehead atoms. The molecule has 14 heavy (non-hydrogen) atoms. The zero-order valence-electron chi connectivity index (χ0n) is 9.21. The van der Waals surface area contributed by atoms with Gasteiger partial charge in [-0.25, -0.2) is 0 Å². The molecule has 0 aliphatic carbocycles. The minimum Gasteiger partial charge on any atom is -0.342 e. The molecule has 3 heteroatoms. The van der Waals surface area contributed by atoms with Crippen molar-refractivity contribution in [1.29, 1.82) is 5.26 Å². The van der Waals surface area contributed by atoms with E-state index in [9.17, 15) is 4.79 Å². The summed E-state index contributed by atoms with van der Waals surface area (Å²) in [6, 6.07) is 2.25. The van der Waals surface area contributed by atoms with Gasteiger partial charge in [-0.3, -0.25) is 4.79 Å². The highest BCUT2D eigenvalue weighted by Gasteiger charge is 2.29. The van der Waals surface area contributed by atoms with Gasteiger partial charge in [-0.2, -0.15) is 5.26 Å². The van der Waals surface area contributed by atoms with E-state index in [1.54, 1.807) is 0 Å². The summed E-state index contributed by atoms with van der Waals surface area (Å²) >= 11 is 0. The summed E-state index contributed by atoms with van der Waals surface area (Å²) in [6.45, 7) is 7.39. The van der Waals surface area contributed by atoms with Crippen molar-refractivity contribution in [3.8, 4) is 6.07 Å². The number of carbonyl (C=O) groups is 1. The first-order chi connectivity index (χ1) is 6.46. The van der Waals surface area contributed by atoms with Crippen LogP contribution in [0.4, 0.5) is 0 Å². The predicted molar refractivity (Wildman–Crippen MR) is 54.4 cm³/mol. The molecule has 1 amide bonds. The SMILES string of the molecule is CC1CCN(CCC(C)(C)C#N)C1=O. The lowest BCUT2D eigenvalue weighted by atomic mass is 9.91. The van der Waals surface area contributed by atoms with Crippen LogP contribution in [0.25, 0.3) is 0 Å². The molecule has 0 aromatic heterocycles. The second kappa shape index (κ2) is 4.00. The maximum atomic E-state index is 11.6. The number of rotatable bonds is 3. The van der Waals surface area contributed by atoms with Crippen LogP contribution in [0.5, 0.6) is 0 Å². The molecular formula is C11H18N2O. The van der Waals surface area contributed by atoms with Crippen LogP contribution in [-0.4, -0.2) is 23.9 Å². The molecule has 0 radical (unpaired) electrons. The van der Waals surface area contributed by atoms with E-state index in [-0.39, 0.29) is 17.2 Å². The Bertz CT molecular complexity index is 265. The van der Waals surface area contributed by atoms with Crippen molar-refractivity contribution in [2.45, 2.75) is 33.6 Å². The summed E-state index contributed by atoms with van der Waals surface area (Å²) in [5.41, 5.74) is -0.313. The smallest absolute Gasteiger partial charge is 0.225 e. The number of amides is 1. The van der Waals surface area contributed by atoms with Crippen LogP contribution >= 0.6 is 0 Å². The Kier molecular flexibility index (Phi) is 3.15. The van der Waals surface area contributed by atoms with Gasteiger partial charge in [-0.05, 0) is 26.7 Å². The van der Waals surface area contributed by atoms with Gasteiger partial charge >= 0.3 is 0 Å². The lowest BCUT2D eigenvalue weighted by molar-refractivity contribution is -0.130. The first-order valence-electron chi connectivity index (χ1n) is 5.16. The molecule has 0 aromatic carbocycles. The maximum Gasteiger partial charge on any atom is 0.225 e. The molecule has 0 N–H and O–H groups in total. The number of nitrogens with zero attached hydrogens (tertiary/aromatic N) is 2. The Morgan fingerprint density at radius 1 is 1.64 bits per heavy atom. The fraction of sp³-hybridized carbons (Fsp3) is 0.818. The van der Waals surface area contributed by atoms with Crippen LogP contribution < -0.4 is 0 Å². The van der Waals surface area contributed by atoms with Crippen molar-refractivity contribution in [2.75, 3.05) is 13.1 Å². The fourth-order valence-electron chi connectivity index (χ4n) is 1.59. The van der Waals surface area contributed by atoms with E-state index in [1.807, 2.05) is 25.7 Å². The third kappa shape index (κ3) is 2.47. The average Bonchev–Trinajstić information content (AvgIpc) is 2.45. The number of hydrogen-bond acceptors (Lipinski definition) is 2. The lowest BCUT2D eigenvalue weighted by Gasteiger charge is -2.21. The van der Waals surface area contributed by atoms with Crippen LogP contribution in [-0.2, 0) is 4.79 Å². The normalized spacial score (nSPS) is 22.6. The van der Waals surface area contributed by atoms with Crippen molar-refractivity contribution < 1.29 is 4.79 Å². The number of likely N-dealkylation sites (tertiary alicyclic amines) is 1. The summed E-state index contributed by atoms with van der Waals surface area (Å²) in [4.78, 5) is 13.4. The minimum atomic E-state index is -0.313. The molecule has 0 spiro atoms. The maximum absolute atomic E-state index is 11.6. The lowest BCUT2D eigenvalue weighted by Crippen LogP contribution is -2.30. The number of nitriles is 1. The topological polar surface area (TPSA) is 44.1 Å². The van der Waals surface area contributed by atoms with Crippen LogP contribution in [0.15, 0.2) is 0 Å². The zero-order chi connectivity index (χ0) is 10.8. The van der Waals surface area contributed by atoms with Gasteiger partial charge < -0.3 is 4.90 Å². The summed E-state index contributed by atoms with van der Waals surface area (Å²) in [5, 5.41) is 8.83. The van der Waals surface area contributed by atoms with Gasteiger partial charge in [0.2, 0.25) is 5.91 Å². The van der Waals surface area contributed by atoms with Gasteiger partial charge in [0.1, 0.15) is 0 Å². The second-order valence-corrected chi connectivity index (χ2v) is 4.76. The summed E-state index contributed by atoms with van der Waals surface area (Å²) in [7, 11) is 0. The number of hydrogen-bond donors (Lipinski definition) is 0. The predicted octanol–water partition coefficient (Wildman–Crippen LogP) is 1.79. The fourth-order valence-corrected chi connectivity index (χ4v) is 1.59. The number of carbonyl (C=O) groups excluding carboxylic acids is 1. The van der Waals surface area contributed by atoms with Gasteiger partial charge in [-0.15, -0.1) is 0 Å². The van der Waals surface area contributed by atoms with Crippen LogP contribution in [0.2, 0.25) is 0 Å². The van der Waals surface area contributed by atoms with E-state index >= 15 is 0 Å². The molecule has 1 aliphatic heterocycles. The molecule has 0 aromatic rings. The van der Waals surface area contributed by atoms with E-state index in [0.29, 0.717) is 0 Å². The quantitative estimate of drug-likeness (QED) is 0.687. The van der Waals surface area contributed by atoms with Gasteiger partial charge in [0.25, 0.3) is 0 Å². The van der Waals surface area contributed by atoms with E-state index < -0.39 is 0 Å². The van der Waals surface area contributed by atoms with Gasteiger partial charge in [0.15, 0.2) is 0 Å². The van der Waals surface area contributed by atoms with E-state index in [4.69, 9.17) is 5.26 Å². The zero-order valence-corrected chi connectivity index (χ0v) is 9.21. The minimum absolute atomic E-state index is 0.181. The summed E-state index contributed by atoms with van der Waals surface area (Å²) in [6.07, 6.45) is 1.73. The van der Waals surface area contributed by atoms with E-state index in [1.165, 1.54) is 0 Å². The third-order valence-electron chi connectivity index (χ3n) is 2.87. The van der Waals surface area contributed by atoms with Gasteiger partial charge in [0.05, 0.1) is 11.5 Å². The Labute approximate surface area is 85.7 Å². The largest absolute Gasteiger partial charge is 0.342 e. The van der Waals surface area contributed by atoms with Gasteiger partial charge in [0, 0.05) is 19.0 Å². The molecule has 0 saturated carbocycles. The highest BCUT2D eigenvalue weighted by atomic mass is 16.2. The molecular weight excluding hydrogens is 176 g/mol. The first kappa shape index (κ1) is 11.0. The summed E-state index contributed by atoms with van der Waals surface area (Å²) in [5.74, 6) is 0.430. The second-order valence-electron chi connectivity index (χ2n) is 4.76. The third-order valence-corrected chi connectivity index (χ3v) is 2.87. The molecule has 1 unspecified atom stereocenters. The van der Waals surface area contributed by atoms with E-state index in [0.717, 1.165) is 25.9 Å². The van der Waals surface area contributed by atoms with Crippen molar-refractivity contribution in [3.05, 3.63) is 0 Å². The summed E-state index contributed by atoms with van der Waals surface area (Å²) < 4.78 is 0. The highest BCUT2D eigenvalue weighted by molar-refractivity contribution is 5.80. The first-order valence-corrected chi connectivity index (χ1v) is 5.16. The Morgan fingerprint density at radius 2 is 2.29 bits per heavy atom. The van der Waals surface area contributed by atoms with Crippen molar-refractivity contribution >= 4 is 5.91 Å². The van der Waals surface area contributed by atoms with E-state index in [2.05, 4.69) is 6.07 Å². The van der Waals surface area contributed by atoms with Crippen molar-refractivity contribution in [3.63, 3.8) is 0 Å². The van der Waals surface area contributed by atoms with Crippen LogP contribution in [0.3, 0.4) is 0 Å². The molecule has 1 atom stereocenters. The van der Waals surface area contributed by atoms with Crippen molar-refractivity contribution in [2.24, 2.45) is 11.3 Å². The molecule has 1 heterocycles. The Morgan fingerprint density at radius 3 is 2.71 bits per heavy atom. The molecule has 3 nitrogen and oxygen atoms in total. The van der Waals surface area contributed by atoms with Crippen LogP contribution in [0, 0.1) is 22.7 Å². The average molecular weight is 194 g/mol. The standard InChI is InChI=1S/C11H18N2O/c1-9-4-6-13(10(9)14)7-5-11(2,3)8-12/h9H,4-7H2,1-3H3. The Hall–Kier alpha value is -1.04. The van der Waals surface area contributed by atoms with Crippen molar-refractivity contribution in [1.82, 2.24) is 4.90 Å². The molecule has 1 aliphatic rings.